The maximum atomic E-state index is 3.58. The SMILES string of the molecule is Cc1ccc(C2[C-]=Cc3c(-c4ccc5ccccc5c4)cccc32)s1.Cc1ccc(C2[C-]=Cc3c(-c4ccc5ccccc5c4)cccc32)s1.[Cl-].[Cl-].[Zr+4]. The van der Waals surface area contributed by atoms with Crippen molar-refractivity contribution < 1.29 is 51.0 Å². The molecule has 256 valence electrons. The van der Waals surface area contributed by atoms with Gasteiger partial charge < -0.3 is 24.8 Å². The molecule has 2 aliphatic rings. The molecule has 0 N–H and O–H groups in total. The van der Waals surface area contributed by atoms with Gasteiger partial charge in [0.25, 0.3) is 0 Å². The van der Waals surface area contributed by atoms with E-state index in [-0.39, 0.29) is 62.9 Å². The first kappa shape index (κ1) is 38.9. The minimum absolute atomic E-state index is 0. The summed E-state index contributed by atoms with van der Waals surface area (Å²) in [6, 6.07) is 52.7. The Labute approximate surface area is 351 Å². The first-order chi connectivity index (χ1) is 24.6. The van der Waals surface area contributed by atoms with Gasteiger partial charge in [-0.05, 0) is 92.7 Å². The molecule has 0 nitrogen and oxygen atoms in total. The monoisotopic (exact) mass is 834 g/mol. The van der Waals surface area contributed by atoms with Crippen LogP contribution in [0.5, 0.6) is 0 Å². The van der Waals surface area contributed by atoms with E-state index >= 15 is 0 Å². The van der Waals surface area contributed by atoms with E-state index in [1.807, 2.05) is 22.7 Å². The molecule has 2 aromatic heterocycles. The number of hydrogen-bond acceptors (Lipinski definition) is 2. The third kappa shape index (κ3) is 7.61. The Morgan fingerprint density at radius 2 is 0.849 bits per heavy atom. The van der Waals surface area contributed by atoms with Gasteiger partial charge in [-0.1, -0.05) is 132 Å². The van der Waals surface area contributed by atoms with Gasteiger partial charge >= 0.3 is 26.2 Å². The van der Waals surface area contributed by atoms with Gasteiger partial charge in [0, 0.05) is 9.75 Å². The topological polar surface area (TPSA) is 0 Å². The molecule has 2 atom stereocenters. The molecule has 2 aliphatic carbocycles. The summed E-state index contributed by atoms with van der Waals surface area (Å²) in [6.45, 7) is 4.33. The molecule has 0 aliphatic heterocycles. The number of allylic oxidation sites excluding steroid dienone is 2. The second-order valence-corrected chi connectivity index (χ2v) is 15.8. The molecular formula is C48H34Cl2S2Zr. The Hall–Kier alpha value is -3.82. The summed E-state index contributed by atoms with van der Waals surface area (Å²) in [5.74, 6) is 0.545. The van der Waals surface area contributed by atoms with E-state index in [0.29, 0.717) is 0 Å². The first-order valence-electron chi connectivity index (χ1n) is 17.1. The predicted octanol–water partition coefficient (Wildman–Crippen LogP) is 7.68. The van der Waals surface area contributed by atoms with Crippen molar-refractivity contribution in [2.24, 2.45) is 0 Å². The van der Waals surface area contributed by atoms with Crippen molar-refractivity contribution in [3.8, 4) is 22.3 Å². The molecule has 0 radical (unpaired) electrons. The number of aryl methyl sites for hydroxylation is 2. The number of fused-ring (bicyclic) bond motifs is 4. The van der Waals surface area contributed by atoms with Crippen LogP contribution in [0.15, 0.2) is 146 Å². The molecule has 2 heterocycles. The number of halogens is 2. The zero-order chi connectivity index (χ0) is 33.6. The van der Waals surface area contributed by atoms with Crippen molar-refractivity contribution in [1.29, 1.82) is 0 Å². The molecule has 0 fully saturated rings. The largest absolute Gasteiger partial charge is 4.00 e. The minimum Gasteiger partial charge on any atom is -1.00 e. The average Bonchev–Trinajstić information content (AvgIpc) is 3.98. The van der Waals surface area contributed by atoms with Gasteiger partial charge in [-0.15, -0.1) is 33.8 Å². The van der Waals surface area contributed by atoms with Gasteiger partial charge in [-0.2, -0.15) is 11.1 Å². The summed E-state index contributed by atoms with van der Waals surface area (Å²) in [5, 5.41) is 5.14. The molecule has 0 saturated carbocycles. The number of benzene rings is 6. The van der Waals surface area contributed by atoms with E-state index in [9.17, 15) is 0 Å². The van der Waals surface area contributed by atoms with Gasteiger partial charge in [0.05, 0.1) is 0 Å². The number of thiophene rings is 2. The molecule has 2 unspecified atom stereocenters. The Morgan fingerprint density at radius 3 is 1.25 bits per heavy atom. The Bertz CT molecular complexity index is 2430. The second-order valence-electron chi connectivity index (χ2n) is 13.1. The normalized spacial score (nSPS) is 14.8. The molecule has 0 amide bonds. The van der Waals surface area contributed by atoms with Crippen LogP contribution in [0, 0.1) is 26.0 Å². The molecular weight excluding hydrogens is 803 g/mol. The van der Waals surface area contributed by atoms with E-state index in [1.54, 1.807) is 0 Å². The summed E-state index contributed by atoms with van der Waals surface area (Å²) in [4.78, 5) is 5.47. The number of rotatable bonds is 4. The zero-order valence-electron chi connectivity index (χ0n) is 29.2. The zero-order valence-corrected chi connectivity index (χ0v) is 34.8. The van der Waals surface area contributed by atoms with Crippen LogP contribution in [-0.4, -0.2) is 0 Å². The van der Waals surface area contributed by atoms with E-state index in [1.165, 1.54) is 85.6 Å². The Morgan fingerprint density at radius 1 is 0.434 bits per heavy atom. The van der Waals surface area contributed by atoms with Crippen molar-refractivity contribution in [3.63, 3.8) is 0 Å². The van der Waals surface area contributed by atoms with E-state index in [0.717, 1.165) is 0 Å². The molecule has 0 saturated heterocycles. The van der Waals surface area contributed by atoms with E-state index < -0.39 is 0 Å². The fourth-order valence-electron chi connectivity index (χ4n) is 7.41. The fourth-order valence-corrected chi connectivity index (χ4v) is 9.32. The van der Waals surface area contributed by atoms with Crippen molar-refractivity contribution in [3.05, 3.63) is 200 Å². The van der Waals surface area contributed by atoms with Crippen LogP contribution in [0.2, 0.25) is 0 Å². The average molecular weight is 837 g/mol. The van der Waals surface area contributed by atoms with Crippen LogP contribution in [0.25, 0.3) is 56.0 Å². The summed E-state index contributed by atoms with van der Waals surface area (Å²) in [7, 11) is 0. The van der Waals surface area contributed by atoms with Crippen LogP contribution >= 0.6 is 22.7 Å². The minimum atomic E-state index is 0. The van der Waals surface area contributed by atoms with Crippen molar-refractivity contribution >= 4 is 56.4 Å². The molecule has 5 heteroatoms. The molecule has 0 bridgehead atoms. The van der Waals surface area contributed by atoms with Crippen LogP contribution in [0.3, 0.4) is 0 Å². The molecule has 6 aromatic carbocycles. The summed E-state index contributed by atoms with van der Waals surface area (Å²) in [6.07, 6.45) is 11.5. The van der Waals surface area contributed by atoms with Gasteiger partial charge in [0.1, 0.15) is 0 Å². The quantitative estimate of drug-likeness (QED) is 0.160. The molecule has 0 spiro atoms. The summed E-state index contributed by atoms with van der Waals surface area (Å²) >= 11 is 3.74. The van der Waals surface area contributed by atoms with Crippen LogP contribution in [0.4, 0.5) is 0 Å². The van der Waals surface area contributed by atoms with Crippen LogP contribution in [0.1, 0.15) is 53.6 Å². The molecule has 10 rings (SSSR count). The van der Waals surface area contributed by atoms with Gasteiger partial charge in [-0.25, -0.2) is 12.2 Å². The standard InChI is InChI=1S/2C24H17S.2ClH.Zr/c2*1-16-9-14-24(25-16)23-13-12-22-20(7-4-8-21(22)23)19-11-10-17-5-2-3-6-18(17)15-19;;;/h2*2-12,14-15,23H,1H3;2*1H;/q2*-1;;;+4/p-2. The second kappa shape index (κ2) is 16.7. The maximum Gasteiger partial charge on any atom is 4.00 e. The fraction of sp³-hybridized carbons (Fsp3) is 0.0833. The molecule has 53 heavy (non-hydrogen) atoms. The summed E-state index contributed by atoms with van der Waals surface area (Å²) < 4.78 is 0. The first-order valence-corrected chi connectivity index (χ1v) is 18.8. The van der Waals surface area contributed by atoms with Crippen molar-refractivity contribution in [2.75, 3.05) is 0 Å². The third-order valence-corrected chi connectivity index (χ3v) is 12.0. The maximum absolute atomic E-state index is 3.58. The molecule has 8 aromatic rings. The number of hydrogen-bond donors (Lipinski definition) is 0. The smallest absolute Gasteiger partial charge is 1.00 e. The van der Waals surface area contributed by atoms with Gasteiger partial charge in [0.2, 0.25) is 0 Å². The van der Waals surface area contributed by atoms with Crippen LogP contribution in [-0.2, 0) is 26.2 Å². The van der Waals surface area contributed by atoms with Crippen molar-refractivity contribution in [1.82, 2.24) is 0 Å². The van der Waals surface area contributed by atoms with E-state index in [2.05, 4.69) is 184 Å². The summed E-state index contributed by atoms with van der Waals surface area (Å²) in [5.41, 5.74) is 10.5. The third-order valence-electron chi connectivity index (χ3n) is 9.90. The predicted molar refractivity (Wildman–Crippen MR) is 216 cm³/mol. The van der Waals surface area contributed by atoms with Crippen LogP contribution < -0.4 is 24.8 Å². The van der Waals surface area contributed by atoms with Gasteiger partial charge in [-0.3, -0.25) is 12.2 Å². The Kier molecular flexibility index (Phi) is 12.2. The Balaban J connectivity index is 0.000000172. The van der Waals surface area contributed by atoms with Crippen molar-refractivity contribution in [2.45, 2.75) is 25.7 Å². The van der Waals surface area contributed by atoms with Gasteiger partial charge in [0.15, 0.2) is 0 Å². The van der Waals surface area contributed by atoms with E-state index in [4.69, 9.17) is 0 Å².